The van der Waals surface area contributed by atoms with Crippen LogP contribution in [0.3, 0.4) is 0 Å². The lowest BCUT2D eigenvalue weighted by atomic mass is 9.79. The summed E-state index contributed by atoms with van der Waals surface area (Å²) >= 11 is 0. The second-order valence-electron chi connectivity index (χ2n) is 5.78. The van der Waals surface area contributed by atoms with Gasteiger partial charge in [0.15, 0.2) is 0 Å². The Morgan fingerprint density at radius 1 is 1.44 bits per heavy atom. The minimum Gasteiger partial charge on any atom is -0.389 e. The number of aliphatic hydroxyl groups is 1. The van der Waals surface area contributed by atoms with Crippen molar-refractivity contribution in [1.29, 1.82) is 0 Å². The topological polar surface area (TPSA) is 52.6 Å². The molecule has 4 heteroatoms. The fourth-order valence-corrected chi connectivity index (χ4v) is 2.31. The zero-order valence-electron chi connectivity index (χ0n) is 10.8. The SMILES string of the molecule is CN(CC(C)(C)O)C(=O)C1(C)CCNCC1. The lowest BCUT2D eigenvalue weighted by Crippen LogP contribution is -2.49. The summed E-state index contributed by atoms with van der Waals surface area (Å²) in [6.07, 6.45) is 1.75. The number of likely N-dealkylation sites (N-methyl/N-ethyl adjacent to an activating group) is 1. The Balaban J connectivity index is 2.62. The second-order valence-corrected chi connectivity index (χ2v) is 5.78. The molecule has 0 radical (unpaired) electrons. The highest BCUT2D eigenvalue weighted by atomic mass is 16.3. The number of hydrogen-bond acceptors (Lipinski definition) is 3. The maximum atomic E-state index is 12.3. The summed E-state index contributed by atoms with van der Waals surface area (Å²) in [7, 11) is 1.77. The van der Waals surface area contributed by atoms with Crippen LogP contribution in [-0.2, 0) is 4.79 Å². The first-order valence-electron chi connectivity index (χ1n) is 5.93. The molecule has 1 saturated heterocycles. The molecule has 0 saturated carbocycles. The number of carbonyl (C=O) groups excluding carboxylic acids is 1. The molecule has 1 heterocycles. The van der Waals surface area contributed by atoms with Crippen molar-refractivity contribution < 1.29 is 9.90 Å². The van der Waals surface area contributed by atoms with Crippen molar-refractivity contribution in [2.24, 2.45) is 5.41 Å². The highest BCUT2D eigenvalue weighted by molar-refractivity contribution is 5.82. The summed E-state index contributed by atoms with van der Waals surface area (Å²) in [6, 6.07) is 0. The van der Waals surface area contributed by atoms with Crippen LogP contribution in [0.4, 0.5) is 0 Å². The largest absolute Gasteiger partial charge is 0.389 e. The van der Waals surface area contributed by atoms with Crippen LogP contribution in [0.1, 0.15) is 33.6 Å². The van der Waals surface area contributed by atoms with Crippen molar-refractivity contribution in [1.82, 2.24) is 10.2 Å². The molecule has 0 spiro atoms. The van der Waals surface area contributed by atoms with Gasteiger partial charge in [0.25, 0.3) is 0 Å². The number of amides is 1. The van der Waals surface area contributed by atoms with Crippen LogP contribution in [-0.4, -0.2) is 48.2 Å². The lowest BCUT2D eigenvalue weighted by Gasteiger charge is -2.37. The molecule has 0 aliphatic carbocycles. The highest BCUT2D eigenvalue weighted by Gasteiger charge is 2.37. The summed E-state index contributed by atoms with van der Waals surface area (Å²) in [5.74, 6) is 0.149. The van der Waals surface area contributed by atoms with E-state index in [4.69, 9.17) is 0 Å². The molecule has 1 amide bonds. The smallest absolute Gasteiger partial charge is 0.228 e. The van der Waals surface area contributed by atoms with E-state index < -0.39 is 5.60 Å². The van der Waals surface area contributed by atoms with Crippen LogP contribution in [0.2, 0.25) is 0 Å². The van der Waals surface area contributed by atoms with Crippen molar-refractivity contribution >= 4 is 5.91 Å². The Hall–Kier alpha value is -0.610. The van der Waals surface area contributed by atoms with E-state index in [9.17, 15) is 9.90 Å². The molecule has 0 aromatic heterocycles. The van der Waals surface area contributed by atoms with Crippen LogP contribution in [0, 0.1) is 5.41 Å². The number of rotatable bonds is 3. The molecule has 1 aliphatic rings. The summed E-state index contributed by atoms with van der Waals surface area (Å²) in [5, 5.41) is 13.0. The van der Waals surface area contributed by atoms with E-state index in [1.807, 2.05) is 6.92 Å². The molecule has 0 atom stereocenters. The third-order valence-corrected chi connectivity index (χ3v) is 3.19. The summed E-state index contributed by atoms with van der Waals surface area (Å²) < 4.78 is 0. The standard InChI is InChI=1S/C12H24N2O2/c1-11(2,16)9-14(4)10(15)12(3)5-7-13-8-6-12/h13,16H,5-9H2,1-4H3. The van der Waals surface area contributed by atoms with Crippen LogP contribution in [0.25, 0.3) is 0 Å². The van der Waals surface area contributed by atoms with Crippen LogP contribution < -0.4 is 5.32 Å². The first kappa shape index (κ1) is 13.5. The van der Waals surface area contributed by atoms with Gasteiger partial charge in [-0.3, -0.25) is 4.79 Å². The van der Waals surface area contributed by atoms with Gasteiger partial charge in [-0.25, -0.2) is 0 Å². The van der Waals surface area contributed by atoms with Gasteiger partial charge in [0.2, 0.25) is 5.91 Å². The van der Waals surface area contributed by atoms with Crippen LogP contribution in [0.5, 0.6) is 0 Å². The third-order valence-electron chi connectivity index (χ3n) is 3.19. The molecule has 4 nitrogen and oxygen atoms in total. The van der Waals surface area contributed by atoms with Crippen molar-refractivity contribution in [3.63, 3.8) is 0 Å². The molecule has 1 fully saturated rings. The number of hydrogen-bond donors (Lipinski definition) is 2. The fraction of sp³-hybridized carbons (Fsp3) is 0.917. The average Bonchev–Trinajstić information content (AvgIpc) is 2.15. The van der Waals surface area contributed by atoms with Gasteiger partial charge in [-0.2, -0.15) is 0 Å². The van der Waals surface area contributed by atoms with Gasteiger partial charge >= 0.3 is 0 Å². The van der Waals surface area contributed by atoms with E-state index in [0.717, 1.165) is 25.9 Å². The van der Waals surface area contributed by atoms with Crippen molar-refractivity contribution in [3.8, 4) is 0 Å². The third kappa shape index (κ3) is 3.46. The second kappa shape index (κ2) is 4.72. The fourth-order valence-electron chi connectivity index (χ4n) is 2.31. The minimum absolute atomic E-state index is 0.149. The summed E-state index contributed by atoms with van der Waals surface area (Å²) in [4.78, 5) is 13.9. The predicted molar refractivity (Wildman–Crippen MR) is 64.1 cm³/mol. The molecular weight excluding hydrogens is 204 g/mol. The van der Waals surface area contributed by atoms with Crippen LogP contribution in [0.15, 0.2) is 0 Å². The highest BCUT2D eigenvalue weighted by Crippen LogP contribution is 2.30. The number of nitrogens with one attached hydrogen (secondary N) is 1. The van der Waals surface area contributed by atoms with E-state index in [-0.39, 0.29) is 11.3 Å². The normalized spacial score (nSPS) is 20.6. The van der Waals surface area contributed by atoms with Gasteiger partial charge in [-0.15, -0.1) is 0 Å². The Bertz CT molecular complexity index is 252. The molecule has 0 aromatic carbocycles. The van der Waals surface area contributed by atoms with Gasteiger partial charge in [-0.05, 0) is 39.8 Å². The summed E-state index contributed by atoms with van der Waals surface area (Å²) in [5.41, 5.74) is -1.08. The van der Waals surface area contributed by atoms with E-state index >= 15 is 0 Å². The lowest BCUT2D eigenvalue weighted by molar-refractivity contribution is -0.144. The molecule has 2 N–H and O–H groups in total. The first-order valence-corrected chi connectivity index (χ1v) is 5.93. The van der Waals surface area contributed by atoms with Crippen LogP contribution >= 0.6 is 0 Å². The van der Waals surface area contributed by atoms with Gasteiger partial charge in [-0.1, -0.05) is 6.92 Å². The zero-order chi connectivity index (χ0) is 12.4. The van der Waals surface area contributed by atoms with E-state index in [1.165, 1.54) is 0 Å². The van der Waals surface area contributed by atoms with Gasteiger partial charge in [0.1, 0.15) is 0 Å². The Kier molecular flexibility index (Phi) is 3.97. The maximum Gasteiger partial charge on any atom is 0.228 e. The molecule has 0 bridgehead atoms. The van der Waals surface area contributed by atoms with Crippen molar-refractivity contribution in [3.05, 3.63) is 0 Å². The number of nitrogens with zero attached hydrogens (tertiary/aromatic N) is 1. The zero-order valence-corrected chi connectivity index (χ0v) is 10.8. The quantitative estimate of drug-likeness (QED) is 0.744. The Labute approximate surface area is 98.0 Å². The Morgan fingerprint density at radius 2 is 1.94 bits per heavy atom. The van der Waals surface area contributed by atoms with Crippen molar-refractivity contribution in [2.75, 3.05) is 26.7 Å². The molecule has 94 valence electrons. The maximum absolute atomic E-state index is 12.3. The number of carbonyl (C=O) groups is 1. The number of piperidine rings is 1. The Morgan fingerprint density at radius 3 is 2.38 bits per heavy atom. The van der Waals surface area contributed by atoms with Gasteiger partial charge < -0.3 is 15.3 Å². The monoisotopic (exact) mass is 228 g/mol. The van der Waals surface area contributed by atoms with E-state index in [2.05, 4.69) is 5.32 Å². The van der Waals surface area contributed by atoms with Gasteiger partial charge in [0.05, 0.1) is 5.60 Å². The molecular formula is C12H24N2O2. The average molecular weight is 228 g/mol. The molecule has 0 aromatic rings. The molecule has 0 unspecified atom stereocenters. The minimum atomic E-state index is -0.826. The first-order chi connectivity index (χ1) is 7.25. The molecule has 16 heavy (non-hydrogen) atoms. The predicted octanol–water partition coefficient (Wildman–Crippen LogP) is 0.605. The van der Waals surface area contributed by atoms with Gasteiger partial charge in [0, 0.05) is 19.0 Å². The molecule has 1 aliphatic heterocycles. The van der Waals surface area contributed by atoms with E-state index in [0.29, 0.717) is 6.54 Å². The van der Waals surface area contributed by atoms with Crippen molar-refractivity contribution in [2.45, 2.75) is 39.2 Å². The molecule has 1 rings (SSSR count). The van der Waals surface area contributed by atoms with E-state index in [1.54, 1.807) is 25.8 Å². The summed E-state index contributed by atoms with van der Waals surface area (Å²) in [6.45, 7) is 7.66.